The van der Waals surface area contributed by atoms with Crippen LogP contribution in [0.5, 0.6) is 5.75 Å². The molecule has 0 spiro atoms. The summed E-state index contributed by atoms with van der Waals surface area (Å²) in [7, 11) is 0. The predicted molar refractivity (Wildman–Crippen MR) is 117 cm³/mol. The van der Waals surface area contributed by atoms with Crippen molar-refractivity contribution in [3.8, 4) is 5.75 Å². The van der Waals surface area contributed by atoms with Gasteiger partial charge in [0, 0.05) is 17.0 Å². The van der Waals surface area contributed by atoms with Crippen molar-refractivity contribution in [2.45, 2.75) is 23.5 Å². The fraction of sp³-hybridized carbons (Fsp3) is 0.174. The Kier molecular flexibility index (Phi) is 6.08. The largest absolute Gasteiger partial charge is 0.494 e. The van der Waals surface area contributed by atoms with Crippen LogP contribution in [0.3, 0.4) is 0 Å². The molecule has 4 rings (SSSR count). The molecule has 1 N–H and O–H groups in total. The number of rotatable bonds is 7. The van der Waals surface area contributed by atoms with Gasteiger partial charge < -0.3 is 14.5 Å². The lowest BCUT2D eigenvalue weighted by atomic mass is 10.3. The molecular weight excluding hydrogens is 416 g/mol. The van der Waals surface area contributed by atoms with E-state index in [1.807, 2.05) is 6.92 Å². The van der Waals surface area contributed by atoms with Crippen molar-refractivity contribution in [1.82, 2.24) is 0 Å². The number of thioether (sulfide) groups is 1. The van der Waals surface area contributed by atoms with Crippen LogP contribution >= 0.6 is 11.8 Å². The van der Waals surface area contributed by atoms with Gasteiger partial charge in [-0.25, -0.2) is 4.90 Å². The van der Waals surface area contributed by atoms with Gasteiger partial charge in [0.25, 0.3) is 5.91 Å². The number of nitrogens with one attached hydrogen (secondary N) is 1. The highest BCUT2D eigenvalue weighted by atomic mass is 32.2. The molecule has 2 heterocycles. The van der Waals surface area contributed by atoms with Crippen LogP contribution in [-0.4, -0.2) is 29.6 Å². The molecule has 3 amide bonds. The summed E-state index contributed by atoms with van der Waals surface area (Å²) in [5.74, 6) is 0.106. The zero-order valence-electron chi connectivity index (χ0n) is 16.7. The average Bonchev–Trinajstić information content (AvgIpc) is 3.39. The van der Waals surface area contributed by atoms with Gasteiger partial charge in [-0.05, 0) is 67.6 Å². The van der Waals surface area contributed by atoms with Gasteiger partial charge in [0.1, 0.15) is 5.75 Å². The van der Waals surface area contributed by atoms with Gasteiger partial charge in [-0.2, -0.15) is 0 Å². The van der Waals surface area contributed by atoms with Crippen LogP contribution in [-0.2, 0) is 9.59 Å². The van der Waals surface area contributed by atoms with Crippen molar-refractivity contribution in [2.24, 2.45) is 0 Å². The van der Waals surface area contributed by atoms with E-state index in [-0.39, 0.29) is 29.9 Å². The summed E-state index contributed by atoms with van der Waals surface area (Å²) in [6.45, 7) is 2.44. The third-order valence-electron chi connectivity index (χ3n) is 4.65. The minimum Gasteiger partial charge on any atom is -0.494 e. The first-order valence-corrected chi connectivity index (χ1v) is 10.6. The van der Waals surface area contributed by atoms with Gasteiger partial charge in [-0.3, -0.25) is 14.4 Å². The maximum absolute atomic E-state index is 12.9. The molecule has 0 bridgehead atoms. The molecule has 1 saturated heterocycles. The molecular formula is C23H20N2O5S. The first-order valence-electron chi connectivity index (χ1n) is 9.76. The van der Waals surface area contributed by atoms with Crippen molar-refractivity contribution in [2.75, 3.05) is 16.8 Å². The van der Waals surface area contributed by atoms with E-state index in [2.05, 4.69) is 5.32 Å². The van der Waals surface area contributed by atoms with Crippen molar-refractivity contribution >= 4 is 40.9 Å². The molecule has 1 unspecified atom stereocenters. The first kappa shape index (κ1) is 20.7. The number of amides is 3. The van der Waals surface area contributed by atoms with Crippen LogP contribution in [0.1, 0.15) is 23.9 Å². The Morgan fingerprint density at radius 2 is 1.87 bits per heavy atom. The van der Waals surface area contributed by atoms with Gasteiger partial charge in [0.2, 0.25) is 11.8 Å². The van der Waals surface area contributed by atoms with E-state index in [9.17, 15) is 14.4 Å². The number of hydrogen-bond acceptors (Lipinski definition) is 6. The van der Waals surface area contributed by atoms with Crippen LogP contribution < -0.4 is 15.0 Å². The van der Waals surface area contributed by atoms with Gasteiger partial charge in [0.15, 0.2) is 5.76 Å². The van der Waals surface area contributed by atoms with Crippen LogP contribution in [0.2, 0.25) is 0 Å². The highest BCUT2D eigenvalue weighted by molar-refractivity contribution is 8.00. The van der Waals surface area contributed by atoms with Crippen LogP contribution in [0.4, 0.5) is 11.4 Å². The molecule has 1 aliphatic heterocycles. The van der Waals surface area contributed by atoms with E-state index in [0.29, 0.717) is 23.7 Å². The number of anilines is 2. The Hall–Kier alpha value is -3.52. The van der Waals surface area contributed by atoms with E-state index in [1.165, 1.54) is 22.9 Å². The number of carbonyl (C=O) groups excluding carboxylic acids is 3. The summed E-state index contributed by atoms with van der Waals surface area (Å²) in [5, 5.41) is 2.24. The van der Waals surface area contributed by atoms with Gasteiger partial charge in [-0.1, -0.05) is 0 Å². The lowest BCUT2D eigenvalue weighted by Crippen LogP contribution is -2.31. The number of carbonyl (C=O) groups is 3. The summed E-state index contributed by atoms with van der Waals surface area (Å²) >= 11 is 1.33. The maximum atomic E-state index is 12.9. The molecule has 1 aliphatic rings. The van der Waals surface area contributed by atoms with E-state index in [4.69, 9.17) is 9.15 Å². The van der Waals surface area contributed by atoms with Crippen LogP contribution in [0.15, 0.2) is 76.2 Å². The van der Waals surface area contributed by atoms with E-state index < -0.39 is 5.25 Å². The fourth-order valence-corrected chi connectivity index (χ4v) is 4.26. The van der Waals surface area contributed by atoms with Crippen molar-refractivity contribution in [3.05, 3.63) is 72.7 Å². The highest BCUT2D eigenvalue weighted by Crippen LogP contribution is 2.34. The predicted octanol–water partition coefficient (Wildman–Crippen LogP) is 4.35. The molecule has 31 heavy (non-hydrogen) atoms. The average molecular weight is 436 g/mol. The quantitative estimate of drug-likeness (QED) is 0.554. The number of imide groups is 1. The molecule has 8 heteroatoms. The highest BCUT2D eigenvalue weighted by Gasteiger charge is 2.40. The lowest BCUT2D eigenvalue weighted by molar-refractivity contribution is -0.121. The summed E-state index contributed by atoms with van der Waals surface area (Å²) in [5.41, 5.74) is 1.15. The van der Waals surface area contributed by atoms with Gasteiger partial charge >= 0.3 is 0 Å². The molecule has 1 fully saturated rings. The summed E-state index contributed by atoms with van der Waals surface area (Å²) in [4.78, 5) is 39.4. The van der Waals surface area contributed by atoms with Gasteiger partial charge in [0.05, 0.1) is 23.8 Å². The zero-order valence-corrected chi connectivity index (χ0v) is 17.6. The Morgan fingerprint density at radius 3 is 2.52 bits per heavy atom. The molecule has 3 aromatic rings. The second kappa shape index (κ2) is 9.09. The number of ether oxygens (including phenoxy) is 1. The maximum Gasteiger partial charge on any atom is 0.291 e. The smallest absolute Gasteiger partial charge is 0.291 e. The molecule has 2 aromatic carbocycles. The minimum absolute atomic E-state index is 0.133. The molecule has 7 nitrogen and oxygen atoms in total. The van der Waals surface area contributed by atoms with Crippen LogP contribution in [0.25, 0.3) is 0 Å². The molecule has 0 saturated carbocycles. The second-order valence-electron chi connectivity index (χ2n) is 6.76. The molecule has 0 aliphatic carbocycles. The molecule has 0 radical (unpaired) electrons. The summed E-state index contributed by atoms with van der Waals surface area (Å²) in [6, 6.07) is 17.2. The van der Waals surface area contributed by atoms with Crippen LogP contribution in [0, 0.1) is 0 Å². The number of benzene rings is 2. The number of nitrogens with zero attached hydrogens (tertiary/aromatic N) is 1. The normalized spacial score (nSPS) is 15.9. The Labute approximate surface area is 183 Å². The topological polar surface area (TPSA) is 88.8 Å². The third-order valence-corrected chi connectivity index (χ3v) is 5.84. The number of hydrogen-bond donors (Lipinski definition) is 1. The third kappa shape index (κ3) is 4.64. The SMILES string of the molecule is CCOc1ccc(N2C(=O)CC(Sc3ccc(NC(=O)c4ccco4)cc3)C2=O)cc1. The summed E-state index contributed by atoms with van der Waals surface area (Å²) < 4.78 is 10.5. The Balaban J connectivity index is 1.39. The Morgan fingerprint density at radius 1 is 1.13 bits per heavy atom. The minimum atomic E-state index is -0.498. The zero-order chi connectivity index (χ0) is 21.8. The fourth-order valence-electron chi connectivity index (χ4n) is 3.21. The Bertz CT molecular complexity index is 1080. The van der Waals surface area contributed by atoms with E-state index >= 15 is 0 Å². The first-order chi connectivity index (χ1) is 15.0. The second-order valence-corrected chi connectivity index (χ2v) is 8.04. The van der Waals surface area contributed by atoms with Crippen molar-refractivity contribution < 1.29 is 23.5 Å². The van der Waals surface area contributed by atoms with Crippen molar-refractivity contribution in [3.63, 3.8) is 0 Å². The summed E-state index contributed by atoms with van der Waals surface area (Å²) in [6.07, 6.45) is 1.57. The van der Waals surface area contributed by atoms with Gasteiger partial charge in [-0.15, -0.1) is 11.8 Å². The molecule has 1 aromatic heterocycles. The lowest BCUT2D eigenvalue weighted by Gasteiger charge is -2.15. The van der Waals surface area contributed by atoms with E-state index in [1.54, 1.807) is 60.7 Å². The monoisotopic (exact) mass is 436 g/mol. The van der Waals surface area contributed by atoms with Crippen molar-refractivity contribution in [1.29, 1.82) is 0 Å². The number of furan rings is 1. The molecule has 158 valence electrons. The standard InChI is InChI=1S/C23H20N2O5S/c1-2-29-17-9-7-16(8-10-17)25-21(26)14-20(23(25)28)31-18-11-5-15(6-12-18)24-22(27)19-4-3-13-30-19/h3-13,20H,2,14H2,1H3,(H,24,27). The molecule has 1 atom stereocenters. The van der Waals surface area contributed by atoms with E-state index in [0.717, 1.165) is 4.90 Å².